The Morgan fingerprint density at radius 3 is 2.56 bits per heavy atom. The van der Waals surface area contributed by atoms with E-state index in [0.29, 0.717) is 0 Å². The van der Waals surface area contributed by atoms with Crippen LogP contribution >= 0.6 is 0 Å². The largest absolute Gasteiger partial charge is 0.380 e. The summed E-state index contributed by atoms with van der Waals surface area (Å²) >= 11 is 0. The lowest BCUT2D eigenvalue weighted by atomic mass is 10.9. The van der Waals surface area contributed by atoms with E-state index < -0.39 is 10.3 Å². The van der Waals surface area contributed by atoms with Gasteiger partial charge in [-0.2, -0.15) is 12.8 Å². The van der Waals surface area contributed by atoms with Crippen molar-refractivity contribution >= 4 is 16.5 Å². The van der Waals surface area contributed by atoms with Gasteiger partial charge in [-0.25, -0.2) is 0 Å². The summed E-state index contributed by atoms with van der Waals surface area (Å²) in [4.78, 5) is 0. The van der Waals surface area contributed by atoms with Crippen molar-refractivity contribution in [3.63, 3.8) is 0 Å². The van der Waals surface area contributed by atoms with Gasteiger partial charge in [0.25, 0.3) is 0 Å². The molecular formula is C4H9NO3S. The molecule has 0 aliphatic heterocycles. The molecule has 0 spiro atoms. The Kier molecular flexibility index (Phi) is 3.41. The number of rotatable bonds is 3. The highest BCUT2D eigenvalue weighted by atomic mass is 32.2. The van der Waals surface area contributed by atoms with Crippen molar-refractivity contribution in [1.29, 1.82) is 0 Å². The molecule has 0 aromatic rings. The lowest BCUT2D eigenvalue weighted by molar-refractivity contribution is 0.339. The van der Waals surface area contributed by atoms with Crippen molar-refractivity contribution in [3.8, 4) is 0 Å². The normalized spacial score (nSPS) is 12.7. The number of nitrogens with zero attached hydrogens (tertiary/aromatic N) is 1. The van der Waals surface area contributed by atoms with Crippen molar-refractivity contribution < 1.29 is 12.6 Å². The van der Waals surface area contributed by atoms with Crippen molar-refractivity contribution in [3.05, 3.63) is 0 Å². The molecule has 0 aliphatic rings. The Labute approximate surface area is 54.8 Å². The minimum absolute atomic E-state index is 0.125. The molecule has 0 saturated carbocycles. The Morgan fingerprint density at radius 1 is 1.67 bits per heavy atom. The molecule has 5 heteroatoms. The van der Waals surface area contributed by atoms with Crippen LogP contribution in [0.4, 0.5) is 0 Å². The molecule has 0 bridgehead atoms. The van der Waals surface area contributed by atoms with E-state index in [1.165, 1.54) is 13.1 Å². The summed E-state index contributed by atoms with van der Waals surface area (Å²) in [5, 5.41) is 0. The van der Waals surface area contributed by atoms with E-state index in [4.69, 9.17) is 0 Å². The predicted molar refractivity (Wildman–Crippen MR) is 34.7 cm³/mol. The number of hydrogen-bond acceptors (Lipinski definition) is 3. The molecule has 0 amide bonds. The smallest absolute Gasteiger partial charge is 0.253 e. The molecule has 0 heterocycles. The lowest BCUT2D eigenvalue weighted by Crippen LogP contribution is -2.00. The summed E-state index contributed by atoms with van der Waals surface area (Å²) < 4.78 is 28.1. The minimum atomic E-state index is -3.61. The molecule has 0 aliphatic carbocycles. The van der Waals surface area contributed by atoms with Gasteiger partial charge < -0.3 is 0 Å². The van der Waals surface area contributed by atoms with Crippen molar-refractivity contribution in [2.24, 2.45) is 4.40 Å². The first-order chi connectivity index (χ1) is 4.12. The fraction of sp³-hybridized carbons (Fsp3) is 0.750. The fourth-order valence-electron chi connectivity index (χ4n) is 0.308. The van der Waals surface area contributed by atoms with Crippen LogP contribution in [0.25, 0.3) is 0 Å². The third-order valence-electron chi connectivity index (χ3n) is 0.501. The molecule has 9 heavy (non-hydrogen) atoms. The second-order valence-electron chi connectivity index (χ2n) is 1.20. The molecule has 0 rings (SSSR count). The van der Waals surface area contributed by atoms with Crippen molar-refractivity contribution in [1.82, 2.24) is 0 Å². The summed E-state index contributed by atoms with van der Waals surface area (Å²) in [6.45, 7) is 3.22. The monoisotopic (exact) mass is 151 g/mol. The zero-order valence-electron chi connectivity index (χ0n) is 5.36. The highest BCUT2D eigenvalue weighted by molar-refractivity contribution is 7.85. The maximum atomic E-state index is 10.4. The molecule has 0 unspecified atom stereocenters. The van der Waals surface area contributed by atoms with Crippen LogP contribution in [0.2, 0.25) is 0 Å². The van der Waals surface area contributed by atoms with Crippen molar-refractivity contribution in [2.45, 2.75) is 13.8 Å². The number of hydrogen-bond donors (Lipinski definition) is 0. The Balaban J connectivity index is 4.05. The minimum Gasteiger partial charge on any atom is -0.253 e. The van der Waals surface area contributed by atoms with Crippen LogP contribution in [0.3, 0.4) is 0 Å². The predicted octanol–water partition coefficient (Wildman–Crippen LogP) is 0.358. The second kappa shape index (κ2) is 3.58. The first-order valence-corrected chi connectivity index (χ1v) is 3.88. The highest BCUT2D eigenvalue weighted by Crippen LogP contribution is 1.91. The maximum absolute atomic E-state index is 10.4. The van der Waals surface area contributed by atoms with Gasteiger partial charge in [0.2, 0.25) is 0 Å². The van der Waals surface area contributed by atoms with Gasteiger partial charge in [-0.15, -0.1) is 0 Å². The van der Waals surface area contributed by atoms with Crippen LogP contribution in [0.1, 0.15) is 13.8 Å². The van der Waals surface area contributed by atoms with E-state index in [2.05, 4.69) is 8.58 Å². The Bertz CT molecular complexity index is 182. The third kappa shape index (κ3) is 4.11. The molecule has 0 fully saturated rings. The molecule has 0 N–H and O–H groups in total. The van der Waals surface area contributed by atoms with Gasteiger partial charge in [-0.05, 0) is 13.8 Å². The molecule has 4 nitrogen and oxygen atoms in total. The zero-order valence-corrected chi connectivity index (χ0v) is 6.18. The third-order valence-corrected chi connectivity index (χ3v) is 1.50. The second-order valence-corrected chi connectivity index (χ2v) is 2.50. The van der Waals surface area contributed by atoms with Gasteiger partial charge in [0.15, 0.2) is 0 Å². The standard InChI is InChI=1S/C4H9NO3S/c1-3-5-9(6,7)8-4-2/h3H,4H2,1-2H3. The van der Waals surface area contributed by atoms with Crippen LogP contribution in [-0.4, -0.2) is 21.2 Å². The fourth-order valence-corrected chi connectivity index (χ4v) is 0.925. The topological polar surface area (TPSA) is 55.7 Å². The van der Waals surface area contributed by atoms with E-state index in [1.54, 1.807) is 6.92 Å². The summed E-state index contributed by atoms with van der Waals surface area (Å²) in [6.07, 6.45) is 1.17. The van der Waals surface area contributed by atoms with Crippen LogP contribution in [0, 0.1) is 0 Å². The molecule has 0 atom stereocenters. The van der Waals surface area contributed by atoms with Crippen LogP contribution < -0.4 is 0 Å². The van der Waals surface area contributed by atoms with Gasteiger partial charge in [0.05, 0.1) is 6.61 Å². The van der Waals surface area contributed by atoms with Gasteiger partial charge in [-0.1, -0.05) is 0 Å². The Hall–Kier alpha value is -0.420. The van der Waals surface area contributed by atoms with E-state index in [1.807, 2.05) is 0 Å². The molecule has 0 saturated heterocycles. The first-order valence-electron chi connectivity index (χ1n) is 2.51. The van der Waals surface area contributed by atoms with Crippen molar-refractivity contribution in [2.75, 3.05) is 6.61 Å². The van der Waals surface area contributed by atoms with Gasteiger partial charge in [0, 0.05) is 6.21 Å². The van der Waals surface area contributed by atoms with Gasteiger partial charge in [0.1, 0.15) is 0 Å². The van der Waals surface area contributed by atoms with Crippen LogP contribution in [0.5, 0.6) is 0 Å². The zero-order chi connectivity index (χ0) is 7.33. The first kappa shape index (κ1) is 8.58. The average Bonchev–Trinajstić information content (AvgIpc) is 1.64. The van der Waals surface area contributed by atoms with Gasteiger partial charge >= 0.3 is 10.3 Å². The summed E-state index contributed by atoms with van der Waals surface area (Å²) in [5.74, 6) is 0. The van der Waals surface area contributed by atoms with Gasteiger partial charge in [-0.3, -0.25) is 4.18 Å². The van der Waals surface area contributed by atoms with E-state index >= 15 is 0 Å². The molecule has 0 radical (unpaired) electrons. The quantitative estimate of drug-likeness (QED) is 0.547. The molecule has 0 aromatic carbocycles. The summed E-state index contributed by atoms with van der Waals surface area (Å²) in [6, 6.07) is 0. The van der Waals surface area contributed by atoms with E-state index in [0.717, 1.165) is 0 Å². The highest BCUT2D eigenvalue weighted by Gasteiger charge is 2.02. The molecule has 54 valence electrons. The van der Waals surface area contributed by atoms with Crippen LogP contribution in [0.15, 0.2) is 4.40 Å². The van der Waals surface area contributed by atoms with Crippen LogP contribution in [-0.2, 0) is 14.5 Å². The lowest BCUT2D eigenvalue weighted by Gasteiger charge is -1.92. The summed E-state index contributed by atoms with van der Waals surface area (Å²) in [7, 11) is -3.61. The van der Waals surface area contributed by atoms with E-state index in [-0.39, 0.29) is 6.61 Å². The maximum Gasteiger partial charge on any atom is 0.380 e. The Morgan fingerprint density at radius 2 is 2.22 bits per heavy atom. The average molecular weight is 151 g/mol. The SMILES string of the molecule is CC=NS(=O)(=O)OCC. The molecule has 0 aromatic heterocycles. The molecular weight excluding hydrogens is 142 g/mol. The summed E-state index contributed by atoms with van der Waals surface area (Å²) in [5.41, 5.74) is 0. The van der Waals surface area contributed by atoms with E-state index in [9.17, 15) is 8.42 Å².